The van der Waals surface area contributed by atoms with Gasteiger partial charge in [0, 0.05) is 12.8 Å². The van der Waals surface area contributed by atoms with Gasteiger partial charge in [-0.3, -0.25) is 18.6 Å². The highest BCUT2D eigenvalue weighted by atomic mass is 31.2. The molecule has 0 aliphatic carbocycles. The van der Waals surface area contributed by atoms with E-state index in [2.05, 4.69) is 208 Å². The highest BCUT2D eigenvalue weighted by Gasteiger charge is 2.27. The van der Waals surface area contributed by atoms with Gasteiger partial charge in [-0.2, -0.15) is 0 Å². The summed E-state index contributed by atoms with van der Waals surface area (Å²) in [4.78, 5) is 35.9. The fourth-order valence-corrected chi connectivity index (χ4v) is 9.20. The minimum atomic E-state index is -4.41. The van der Waals surface area contributed by atoms with Gasteiger partial charge in [-0.05, 0) is 141 Å². The first-order valence-corrected chi connectivity index (χ1v) is 35.7. The lowest BCUT2D eigenvalue weighted by Crippen LogP contribution is -2.37. The summed E-state index contributed by atoms with van der Waals surface area (Å²) >= 11 is 0. The van der Waals surface area contributed by atoms with Gasteiger partial charge in [-0.15, -0.1) is 0 Å². The number of carbonyl (C=O) groups excluding carboxylic acids is 2. The van der Waals surface area contributed by atoms with Crippen LogP contribution >= 0.6 is 7.82 Å². The summed E-state index contributed by atoms with van der Waals surface area (Å²) in [6.07, 6.45) is 104. The highest BCUT2D eigenvalue weighted by Crippen LogP contribution is 2.43. The molecule has 0 rings (SSSR count). The largest absolute Gasteiger partial charge is 0.472 e. The van der Waals surface area contributed by atoms with Crippen LogP contribution in [-0.2, 0) is 32.7 Å². The van der Waals surface area contributed by atoms with Crippen LogP contribution in [0.2, 0.25) is 0 Å². The van der Waals surface area contributed by atoms with E-state index in [0.717, 1.165) is 167 Å². The van der Waals surface area contributed by atoms with Crippen molar-refractivity contribution < 1.29 is 42.1 Å². The number of esters is 2. The van der Waals surface area contributed by atoms with Gasteiger partial charge in [0.2, 0.25) is 0 Å². The molecule has 0 heterocycles. The minimum Gasteiger partial charge on any atom is -0.462 e. The van der Waals surface area contributed by atoms with Gasteiger partial charge < -0.3 is 18.9 Å². The van der Waals surface area contributed by atoms with Crippen molar-refractivity contribution in [2.24, 2.45) is 0 Å². The molecular weight excluding hydrogens is 1110 g/mol. The summed E-state index contributed by atoms with van der Waals surface area (Å²) in [5, 5.41) is 0. The Hall–Kier alpha value is -5.15. The maximum Gasteiger partial charge on any atom is 0.472 e. The van der Waals surface area contributed by atoms with Crippen LogP contribution in [0.3, 0.4) is 0 Å². The predicted molar refractivity (Wildman–Crippen MR) is 380 cm³/mol. The van der Waals surface area contributed by atoms with E-state index in [0.29, 0.717) is 23.9 Å². The lowest BCUT2D eigenvalue weighted by atomic mass is 10.1. The normalized spacial score (nSPS) is 14.4. The van der Waals surface area contributed by atoms with E-state index >= 15 is 0 Å². The Balaban J connectivity index is 4.21. The number of hydrogen-bond donors (Lipinski definition) is 1. The first-order chi connectivity index (χ1) is 43.0. The Kier molecular flexibility index (Phi) is 62.4. The molecule has 0 saturated carbocycles. The summed E-state index contributed by atoms with van der Waals surface area (Å²) in [5.74, 6) is -0.839. The second kappa shape index (κ2) is 66.3. The number of unbranched alkanes of at least 4 members (excludes halogenated alkanes) is 14. The molecule has 0 fully saturated rings. The molecule has 494 valence electrons. The van der Waals surface area contributed by atoms with E-state index in [9.17, 15) is 19.0 Å². The number of likely N-dealkylation sites (N-methyl/N-ethyl adjacent to an activating group) is 1. The molecule has 10 heteroatoms. The molecule has 0 radical (unpaired) electrons. The molecule has 0 spiro atoms. The van der Waals surface area contributed by atoms with Gasteiger partial charge in [0.25, 0.3) is 0 Å². The zero-order valence-electron chi connectivity index (χ0n) is 56.1. The van der Waals surface area contributed by atoms with Crippen molar-refractivity contribution in [3.63, 3.8) is 0 Å². The van der Waals surface area contributed by atoms with Gasteiger partial charge >= 0.3 is 19.8 Å². The molecule has 0 aromatic heterocycles. The molecule has 9 nitrogen and oxygen atoms in total. The van der Waals surface area contributed by atoms with Crippen molar-refractivity contribution in [2.75, 3.05) is 47.5 Å². The number of hydrogen-bond acceptors (Lipinski definition) is 7. The van der Waals surface area contributed by atoms with Crippen LogP contribution in [0.15, 0.2) is 194 Å². The van der Waals surface area contributed by atoms with Crippen LogP contribution in [-0.4, -0.2) is 74.9 Å². The van der Waals surface area contributed by atoms with Crippen LogP contribution in [0.1, 0.15) is 232 Å². The quantitative estimate of drug-likeness (QED) is 0.0211. The van der Waals surface area contributed by atoms with Crippen molar-refractivity contribution in [1.29, 1.82) is 0 Å². The summed E-state index contributed by atoms with van der Waals surface area (Å²) in [5.41, 5.74) is 0. The predicted octanol–water partition coefficient (Wildman–Crippen LogP) is 22.5. The Bertz CT molecular complexity index is 2190. The van der Waals surface area contributed by atoms with Crippen molar-refractivity contribution in [3.8, 4) is 0 Å². The molecular formula is C78H125NO8P+. The fraction of sp³-hybridized carbons (Fsp3) is 0.564. The Labute approximate surface area is 539 Å². The lowest BCUT2D eigenvalue weighted by molar-refractivity contribution is -0.870. The molecule has 2 unspecified atom stereocenters. The van der Waals surface area contributed by atoms with Crippen LogP contribution in [0.5, 0.6) is 0 Å². The molecule has 0 aromatic carbocycles. The van der Waals surface area contributed by atoms with E-state index in [1.54, 1.807) is 0 Å². The molecule has 0 aromatic rings. The Morgan fingerprint density at radius 3 is 0.909 bits per heavy atom. The summed E-state index contributed by atoms with van der Waals surface area (Å²) in [6, 6.07) is 0. The summed E-state index contributed by atoms with van der Waals surface area (Å²) in [6.45, 7) is 4.15. The summed E-state index contributed by atoms with van der Waals surface area (Å²) < 4.78 is 34.7. The zero-order chi connectivity index (χ0) is 64.1. The molecule has 0 aliphatic heterocycles. The van der Waals surface area contributed by atoms with Crippen molar-refractivity contribution in [2.45, 2.75) is 238 Å². The Morgan fingerprint density at radius 1 is 0.352 bits per heavy atom. The average molecular weight is 1240 g/mol. The number of quaternary nitrogens is 1. The Morgan fingerprint density at radius 2 is 0.614 bits per heavy atom. The van der Waals surface area contributed by atoms with Crippen molar-refractivity contribution in [1.82, 2.24) is 0 Å². The van der Waals surface area contributed by atoms with Crippen LogP contribution in [0.4, 0.5) is 0 Å². The monoisotopic (exact) mass is 1230 g/mol. The highest BCUT2D eigenvalue weighted by molar-refractivity contribution is 7.47. The van der Waals surface area contributed by atoms with E-state index in [1.807, 2.05) is 21.1 Å². The third kappa shape index (κ3) is 69.9. The first-order valence-electron chi connectivity index (χ1n) is 34.2. The van der Waals surface area contributed by atoms with Crippen LogP contribution < -0.4 is 0 Å². The lowest BCUT2D eigenvalue weighted by Gasteiger charge is -2.24. The van der Waals surface area contributed by atoms with Crippen molar-refractivity contribution >= 4 is 19.8 Å². The van der Waals surface area contributed by atoms with Gasteiger partial charge in [-0.25, -0.2) is 4.57 Å². The second-order valence-corrected chi connectivity index (χ2v) is 24.5. The molecule has 0 amide bonds. The number of nitrogens with zero attached hydrogens (tertiary/aromatic N) is 1. The molecule has 0 aliphatic rings. The maximum absolute atomic E-state index is 12.9. The van der Waals surface area contributed by atoms with E-state index in [-0.39, 0.29) is 32.0 Å². The minimum absolute atomic E-state index is 0.0158. The van der Waals surface area contributed by atoms with Crippen molar-refractivity contribution in [3.05, 3.63) is 194 Å². The van der Waals surface area contributed by atoms with Crippen LogP contribution in [0, 0.1) is 0 Å². The molecule has 88 heavy (non-hydrogen) atoms. The molecule has 0 bridgehead atoms. The number of rotatable bonds is 60. The SMILES string of the molecule is CC/C=C\C/C=C\C/C=C\C/C=C\C/C=C\C/C=C\C/C=C\C/C=C\C/C=C\C/C=C\CCCCCCCCC(=O)OC(COC(=O)CCCCCCCCCC/C=C\C/C=C\C/C=C\C/C=C\C/C=C\C/C=C\CC)COP(=O)(O)OCC[N+](C)(C)C. The second-order valence-electron chi connectivity index (χ2n) is 23.1. The zero-order valence-corrected chi connectivity index (χ0v) is 57.0. The third-order valence-electron chi connectivity index (χ3n) is 13.6. The number of allylic oxidation sites excluding steroid dienone is 32. The average Bonchev–Trinajstić information content (AvgIpc) is 3.68. The smallest absolute Gasteiger partial charge is 0.462 e. The van der Waals surface area contributed by atoms with E-state index < -0.39 is 26.5 Å². The van der Waals surface area contributed by atoms with E-state index in [4.69, 9.17) is 18.5 Å². The number of carbonyl (C=O) groups is 2. The van der Waals surface area contributed by atoms with Gasteiger partial charge in [-0.1, -0.05) is 272 Å². The van der Waals surface area contributed by atoms with Crippen LogP contribution in [0.25, 0.3) is 0 Å². The standard InChI is InChI=1S/C78H124NO8P/c1-6-8-10-12-14-16-18-20-22-24-26-28-30-32-34-35-36-37-38-39-40-41-42-43-45-47-49-51-53-55-57-59-61-63-65-67-69-71-78(81)87-76(75-86-88(82,83)85-73-72-79(3,4)5)74-84-77(80)70-68-66-64-62-60-58-56-54-52-50-48-46-44-33-31-29-27-25-23-21-19-17-15-13-11-9-7-2/h8-11,14-17,20-23,26-29,32-34,36-37,39-40,42-44,47-50,53,55,76H,6-7,12-13,18-19,24-25,30-31,35,38,41,45-46,51-52,54,56-75H2,1-5H3/p+1/b10-8-,11-9-,16-14-,17-15-,22-20-,23-21-,28-26-,29-27-,34-32-,37-36-,40-39-,43-42-,44-33-,49-47-,50-48-,55-53-. The molecule has 1 N–H and O–H groups in total. The fourth-order valence-electron chi connectivity index (χ4n) is 8.46. The number of phosphoric ester groups is 1. The first kappa shape index (κ1) is 82.8. The topological polar surface area (TPSA) is 108 Å². The summed E-state index contributed by atoms with van der Waals surface area (Å²) in [7, 11) is 1.43. The maximum atomic E-state index is 12.9. The van der Waals surface area contributed by atoms with Gasteiger partial charge in [0.1, 0.15) is 19.8 Å². The molecule has 2 atom stereocenters. The number of ether oxygens (including phenoxy) is 2. The van der Waals surface area contributed by atoms with E-state index in [1.165, 1.54) is 25.7 Å². The molecule has 0 saturated heterocycles. The number of phosphoric acid groups is 1. The third-order valence-corrected chi connectivity index (χ3v) is 14.6. The van der Waals surface area contributed by atoms with Gasteiger partial charge in [0.05, 0.1) is 27.7 Å². The van der Waals surface area contributed by atoms with Gasteiger partial charge in [0.15, 0.2) is 6.10 Å².